The van der Waals surface area contributed by atoms with E-state index < -0.39 is 24.4 Å². The third-order valence-electron chi connectivity index (χ3n) is 6.13. The highest BCUT2D eigenvalue weighted by molar-refractivity contribution is 6.11. The highest BCUT2D eigenvalue weighted by atomic mass is 16.3. The van der Waals surface area contributed by atoms with Crippen molar-refractivity contribution >= 4 is 17.3 Å². The number of rotatable bonds is 19. The van der Waals surface area contributed by atoms with Gasteiger partial charge in [-0.1, -0.05) is 90.9 Å². The number of ketones is 2. The number of nitrogen functional groups attached to an aromatic ring is 1. The zero-order chi connectivity index (χ0) is 23.8. The predicted octanol–water partition coefficient (Wildman–Crippen LogP) is 5.72. The number of anilines is 1. The zero-order valence-corrected chi connectivity index (χ0v) is 20.2. The molecule has 32 heavy (non-hydrogen) atoms. The maximum absolute atomic E-state index is 12.8. The van der Waals surface area contributed by atoms with Gasteiger partial charge in [0.1, 0.15) is 6.10 Å². The second-order valence-corrected chi connectivity index (χ2v) is 9.50. The van der Waals surface area contributed by atoms with Crippen LogP contribution in [0.5, 0.6) is 0 Å². The number of unbranched alkanes of at least 4 members (excludes halogenated alkanes) is 10. The average Bonchev–Trinajstić information content (AvgIpc) is 2.78. The van der Waals surface area contributed by atoms with Crippen molar-refractivity contribution in [3.8, 4) is 0 Å². The third-order valence-corrected chi connectivity index (χ3v) is 6.13. The van der Waals surface area contributed by atoms with Gasteiger partial charge in [0.25, 0.3) is 0 Å². The molecule has 0 aliphatic heterocycles. The summed E-state index contributed by atoms with van der Waals surface area (Å²) in [5.41, 5.74) is 6.63. The molecule has 0 spiro atoms. The Morgan fingerprint density at radius 3 is 1.66 bits per heavy atom. The Kier molecular flexibility index (Phi) is 14.9. The number of benzene rings is 1. The first-order valence-electron chi connectivity index (χ1n) is 12.6. The molecule has 4 N–H and O–H groups in total. The van der Waals surface area contributed by atoms with Gasteiger partial charge in [0.05, 0.1) is 12.5 Å². The SMILES string of the molecule is CC(C)CCCCCCCCCCCCCC(C(=O)c1ccc(N)cc1)C(=O)C(O)CO. The lowest BCUT2D eigenvalue weighted by Crippen LogP contribution is -2.35. The molecule has 2 atom stereocenters. The first-order chi connectivity index (χ1) is 15.4. The summed E-state index contributed by atoms with van der Waals surface area (Å²) in [6, 6.07) is 6.47. The van der Waals surface area contributed by atoms with Gasteiger partial charge in [0, 0.05) is 11.3 Å². The minimum absolute atomic E-state index is 0.309. The van der Waals surface area contributed by atoms with E-state index in [1.807, 2.05) is 0 Å². The van der Waals surface area contributed by atoms with Crippen molar-refractivity contribution in [3.05, 3.63) is 29.8 Å². The summed E-state index contributed by atoms with van der Waals surface area (Å²) < 4.78 is 0. The quantitative estimate of drug-likeness (QED) is 0.109. The summed E-state index contributed by atoms with van der Waals surface area (Å²) in [6.07, 6.45) is 13.5. The molecule has 182 valence electrons. The molecule has 0 fully saturated rings. The lowest BCUT2D eigenvalue weighted by Gasteiger charge is -2.17. The normalized spacial score (nSPS) is 13.3. The van der Waals surface area contributed by atoms with Crippen LogP contribution in [-0.4, -0.2) is 34.5 Å². The highest BCUT2D eigenvalue weighted by Crippen LogP contribution is 2.21. The van der Waals surface area contributed by atoms with Crippen molar-refractivity contribution in [2.45, 2.75) is 103 Å². The number of nitrogens with two attached hydrogens (primary N) is 1. The van der Waals surface area contributed by atoms with Crippen LogP contribution < -0.4 is 5.73 Å². The molecule has 1 aromatic carbocycles. The number of hydrogen-bond acceptors (Lipinski definition) is 5. The molecule has 2 unspecified atom stereocenters. The summed E-state index contributed by atoms with van der Waals surface area (Å²) in [6.45, 7) is 3.91. The van der Waals surface area contributed by atoms with Crippen LogP contribution in [0.15, 0.2) is 24.3 Å². The summed E-state index contributed by atoms with van der Waals surface area (Å²) in [4.78, 5) is 25.3. The monoisotopic (exact) mass is 447 g/mol. The Balaban J connectivity index is 2.26. The van der Waals surface area contributed by atoms with E-state index in [9.17, 15) is 14.7 Å². The number of carbonyl (C=O) groups excluding carboxylic acids is 2. The molecule has 0 bridgehead atoms. The second kappa shape index (κ2) is 16.8. The van der Waals surface area contributed by atoms with Gasteiger partial charge in [0.2, 0.25) is 0 Å². The van der Waals surface area contributed by atoms with Crippen LogP contribution >= 0.6 is 0 Å². The average molecular weight is 448 g/mol. The molecule has 0 radical (unpaired) electrons. The molecule has 1 aromatic rings. The predicted molar refractivity (Wildman–Crippen MR) is 132 cm³/mol. The fourth-order valence-corrected chi connectivity index (χ4v) is 4.07. The Labute approximate surface area is 194 Å². The van der Waals surface area contributed by atoms with E-state index >= 15 is 0 Å². The molecular weight excluding hydrogens is 402 g/mol. The summed E-state index contributed by atoms with van der Waals surface area (Å²) in [5, 5.41) is 18.9. The Morgan fingerprint density at radius 2 is 1.22 bits per heavy atom. The van der Waals surface area contributed by atoms with Gasteiger partial charge in [-0.3, -0.25) is 9.59 Å². The summed E-state index contributed by atoms with van der Waals surface area (Å²) in [7, 11) is 0. The minimum Gasteiger partial charge on any atom is -0.399 e. The van der Waals surface area contributed by atoms with Gasteiger partial charge in [-0.2, -0.15) is 0 Å². The molecule has 5 heteroatoms. The van der Waals surface area contributed by atoms with Crippen LogP contribution in [0, 0.1) is 11.8 Å². The van der Waals surface area contributed by atoms with Crippen molar-refractivity contribution in [1.29, 1.82) is 0 Å². The van der Waals surface area contributed by atoms with Crippen molar-refractivity contribution in [3.63, 3.8) is 0 Å². The van der Waals surface area contributed by atoms with Gasteiger partial charge < -0.3 is 15.9 Å². The van der Waals surface area contributed by atoms with Gasteiger partial charge in [-0.05, 0) is 36.6 Å². The van der Waals surface area contributed by atoms with Crippen molar-refractivity contribution in [2.75, 3.05) is 12.3 Å². The maximum atomic E-state index is 12.8. The van der Waals surface area contributed by atoms with Crippen LogP contribution in [-0.2, 0) is 4.79 Å². The second-order valence-electron chi connectivity index (χ2n) is 9.50. The Morgan fingerprint density at radius 1 is 0.781 bits per heavy atom. The fourth-order valence-electron chi connectivity index (χ4n) is 4.07. The lowest BCUT2D eigenvalue weighted by molar-refractivity contribution is -0.131. The number of carbonyl (C=O) groups is 2. The van der Waals surface area contributed by atoms with Crippen LogP contribution in [0.3, 0.4) is 0 Å². The van der Waals surface area contributed by atoms with Gasteiger partial charge in [-0.15, -0.1) is 0 Å². The van der Waals surface area contributed by atoms with Gasteiger partial charge in [-0.25, -0.2) is 0 Å². The smallest absolute Gasteiger partial charge is 0.174 e. The number of aliphatic hydroxyl groups is 2. The van der Waals surface area contributed by atoms with E-state index in [1.54, 1.807) is 24.3 Å². The van der Waals surface area contributed by atoms with Gasteiger partial charge in [0.15, 0.2) is 11.6 Å². The molecule has 0 saturated carbocycles. The molecule has 0 amide bonds. The maximum Gasteiger partial charge on any atom is 0.174 e. The Hall–Kier alpha value is -1.72. The van der Waals surface area contributed by atoms with E-state index in [-0.39, 0.29) is 5.78 Å². The summed E-state index contributed by atoms with van der Waals surface area (Å²) >= 11 is 0. The van der Waals surface area contributed by atoms with E-state index in [0.29, 0.717) is 17.7 Å². The van der Waals surface area contributed by atoms with Crippen molar-refractivity contribution in [1.82, 2.24) is 0 Å². The molecule has 0 aromatic heterocycles. The van der Waals surface area contributed by atoms with Crippen molar-refractivity contribution in [2.24, 2.45) is 11.8 Å². The molecule has 0 aliphatic rings. The molecule has 0 aliphatic carbocycles. The molecule has 0 saturated heterocycles. The fraction of sp³-hybridized carbons (Fsp3) is 0.704. The van der Waals surface area contributed by atoms with E-state index in [0.717, 1.165) is 25.2 Å². The minimum atomic E-state index is -1.51. The van der Waals surface area contributed by atoms with Crippen LogP contribution in [0.2, 0.25) is 0 Å². The number of hydrogen-bond donors (Lipinski definition) is 3. The van der Waals surface area contributed by atoms with Gasteiger partial charge >= 0.3 is 0 Å². The topological polar surface area (TPSA) is 101 Å². The van der Waals surface area contributed by atoms with Crippen molar-refractivity contribution < 1.29 is 19.8 Å². The van der Waals surface area contributed by atoms with Crippen LogP contribution in [0.25, 0.3) is 0 Å². The van der Waals surface area contributed by atoms with Crippen LogP contribution in [0.4, 0.5) is 5.69 Å². The highest BCUT2D eigenvalue weighted by Gasteiger charge is 2.31. The first kappa shape index (κ1) is 28.3. The Bertz CT molecular complexity index is 642. The zero-order valence-electron chi connectivity index (χ0n) is 20.2. The molecule has 5 nitrogen and oxygen atoms in total. The molecule has 0 heterocycles. The van der Waals surface area contributed by atoms with E-state index in [1.165, 1.54) is 57.8 Å². The number of aliphatic hydroxyl groups excluding tert-OH is 2. The lowest BCUT2D eigenvalue weighted by atomic mass is 9.86. The third kappa shape index (κ3) is 11.8. The first-order valence-corrected chi connectivity index (χ1v) is 12.6. The molecular formula is C27H45NO4. The van der Waals surface area contributed by atoms with E-state index in [2.05, 4.69) is 13.8 Å². The molecule has 1 rings (SSSR count). The standard InChI is InChI=1S/C27H45NO4/c1-21(2)14-12-10-8-6-4-3-5-7-9-11-13-15-24(27(32)25(30)20-29)26(31)22-16-18-23(28)19-17-22/h16-19,21,24-25,29-30H,3-15,20,28H2,1-2H3. The summed E-state index contributed by atoms with van der Waals surface area (Å²) in [5.74, 6) is -1.01. The largest absolute Gasteiger partial charge is 0.399 e. The number of Topliss-reactive ketones (excluding diaryl/α,β-unsaturated/α-hetero) is 2. The van der Waals surface area contributed by atoms with E-state index in [4.69, 9.17) is 10.8 Å². The van der Waals surface area contributed by atoms with Crippen LogP contribution in [0.1, 0.15) is 108 Å².